The second-order valence-corrected chi connectivity index (χ2v) is 6.52. The molecule has 0 aliphatic carbocycles. The second kappa shape index (κ2) is 7.72. The standard InChI is InChI=1S/C21H20O7/c1-21(11-13-6-4-5-7-15(13)19(23)28-21)20(24)27-12-17(22)16-9-8-14(25-2)10-18(16)26-3/h4-10H,11-12H2,1-3H3/t21-/m1/s1. The Bertz CT molecular complexity index is 934. The third-order valence-corrected chi connectivity index (χ3v) is 4.56. The van der Waals surface area contributed by atoms with Gasteiger partial charge in [0.2, 0.25) is 11.4 Å². The number of carbonyl (C=O) groups is 3. The highest BCUT2D eigenvalue weighted by Crippen LogP contribution is 2.29. The smallest absolute Gasteiger partial charge is 0.351 e. The number of fused-ring (bicyclic) bond motifs is 1. The van der Waals surface area contributed by atoms with E-state index in [-0.39, 0.29) is 12.0 Å². The monoisotopic (exact) mass is 384 g/mol. The number of ketones is 1. The van der Waals surface area contributed by atoms with Crippen LogP contribution in [-0.2, 0) is 20.7 Å². The van der Waals surface area contributed by atoms with E-state index in [2.05, 4.69) is 0 Å². The van der Waals surface area contributed by atoms with E-state index in [0.29, 0.717) is 22.6 Å². The second-order valence-electron chi connectivity index (χ2n) is 6.52. The Morgan fingerprint density at radius 2 is 1.86 bits per heavy atom. The quantitative estimate of drug-likeness (QED) is 0.559. The number of hydrogen-bond acceptors (Lipinski definition) is 7. The van der Waals surface area contributed by atoms with Crippen LogP contribution in [0.25, 0.3) is 0 Å². The van der Waals surface area contributed by atoms with Crippen molar-refractivity contribution in [3.05, 3.63) is 59.2 Å². The van der Waals surface area contributed by atoms with Crippen LogP contribution in [0.15, 0.2) is 42.5 Å². The van der Waals surface area contributed by atoms with E-state index in [1.165, 1.54) is 27.2 Å². The Hall–Kier alpha value is -3.35. The zero-order chi connectivity index (χ0) is 20.3. The van der Waals surface area contributed by atoms with Crippen molar-refractivity contribution in [1.82, 2.24) is 0 Å². The average Bonchev–Trinajstić information content (AvgIpc) is 2.71. The average molecular weight is 384 g/mol. The number of benzene rings is 2. The number of Topliss-reactive ketones (excluding diaryl/α,β-unsaturated/α-hetero) is 1. The molecule has 2 aromatic carbocycles. The van der Waals surface area contributed by atoms with Crippen LogP contribution in [0, 0.1) is 0 Å². The van der Waals surface area contributed by atoms with Gasteiger partial charge in [0.05, 0.1) is 25.3 Å². The molecule has 0 unspecified atom stereocenters. The number of esters is 2. The third-order valence-electron chi connectivity index (χ3n) is 4.56. The first-order valence-electron chi connectivity index (χ1n) is 8.61. The van der Waals surface area contributed by atoms with Gasteiger partial charge in [0, 0.05) is 12.5 Å². The highest BCUT2D eigenvalue weighted by atomic mass is 16.6. The van der Waals surface area contributed by atoms with E-state index in [1.54, 1.807) is 36.4 Å². The highest BCUT2D eigenvalue weighted by molar-refractivity contribution is 6.01. The van der Waals surface area contributed by atoms with E-state index in [1.807, 2.05) is 0 Å². The van der Waals surface area contributed by atoms with Crippen LogP contribution in [0.5, 0.6) is 11.5 Å². The fourth-order valence-electron chi connectivity index (χ4n) is 3.04. The minimum Gasteiger partial charge on any atom is -0.497 e. The molecule has 0 bridgehead atoms. The van der Waals surface area contributed by atoms with Crippen molar-refractivity contribution in [3.8, 4) is 11.5 Å². The van der Waals surface area contributed by atoms with Crippen LogP contribution in [0.3, 0.4) is 0 Å². The molecule has 3 rings (SSSR count). The Labute approximate surface area is 162 Å². The Kier molecular flexibility index (Phi) is 5.35. The molecule has 0 amide bonds. The maximum absolute atomic E-state index is 12.6. The Balaban J connectivity index is 1.70. The molecule has 0 N–H and O–H groups in total. The van der Waals surface area contributed by atoms with Crippen LogP contribution in [0.4, 0.5) is 0 Å². The molecule has 7 heteroatoms. The molecule has 146 valence electrons. The lowest BCUT2D eigenvalue weighted by atomic mass is 9.90. The number of methoxy groups -OCH3 is 2. The molecular formula is C21H20O7. The number of rotatable bonds is 6. The Morgan fingerprint density at radius 1 is 1.11 bits per heavy atom. The topological polar surface area (TPSA) is 88.1 Å². The zero-order valence-electron chi connectivity index (χ0n) is 15.8. The van der Waals surface area contributed by atoms with E-state index >= 15 is 0 Å². The molecule has 0 spiro atoms. The summed E-state index contributed by atoms with van der Waals surface area (Å²) in [5, 5.41) is 0. The third kappa shape index (κ3) is 3.69. The van der Waals surface area contributed by atoms with E-state index in [9.17, 15) is 14.4 Å². The van der Waals surface area contributed by atoms with Gasteiger partial charge in [-0.2, -0.15) is 0 Å². The first-order chi connectivity index (χ1) is 13.4. The Morgan fingerprint density at radius 3 is 2.57 bits per heavy atom. The molecule has 0 aromatic heterocycles. The summed E-state index contributed by atoms with van der Waals surface area (Å²) in [6.45, 7) is 0.970. The summed E-state index contributed by atoms with van der Waals surface area (Å²) in [6, 6.07) is 11.6. The van der Waals surface area contributed by atoms with Gasteiger partial charge in [-0.15, -0.1) is 0 Å². The molecule has 2 aromatic rings. The SMILES string of the molecule is COc1ccc(C(=O)COC(=O)[C@@]2(C)Cc3ccccc3C(=O)O2)c(OC)c1. The van der Waals surface area contributed by atoms with Gasteiger partial charge in [-0.25, -0.2) is 9.59 Å². The van der Waals surface area contributed by atoms with Crippen molar-refractivity contribution in [2.24, 2.45) is 0 Å². The van der Waals surface area contributed by atoms with Gasteiger partial charge in [-0.05, 0) is 30.7 Å². The fourth-order valence-corrected chi connectivity index (χ4v) is 3.04. The molecular weight excluding hydrogens is 364 g/mol. The maximum atomic E-state index is 12.6. The number of cyclic esters (lactones) is 1. The number of ether oxygens (including phenoxy) is 4. The molecule has 1 atom stereocenters. The molecule has 0 saturated heterocycles. The van der Waals surface area contributed by atoms with Gasteiger partial charge < -0.3 is 18.9 Å². The molecule has 7 nitrogen and oxygen atoms in total. The molecule has 0 radical (unpaired) electrons. The van der Waals surface area contributed by atoms with Crippen molar-refractivity contribution >= 4 is 17.7 Å². The first kappa shape index (κ1) is 19.4. The molecule has 0 fully saturated rings. The summed E-state index contributed by atoms with van der Waals surface area (Å²) >= 11 is 0. The fraction of sp³-hybridized carbons (Fsp3) is 0.286. The maximum Gasteiger partial charge on any atom is 0.351 e. The zero-order valence-corrected chi connectivity index (χ0v) is 15.8. The summed E-state index contributed by atoms with van der Waals surface area (Å²) in [7, 11) is 2.93. The molecule has 1 aliphatic heterocycles. The summed E-state index contributed by atoms with van der Waals surface area (Å²) < 4.78 is 20.8. The lowest BCUT2D eigenvalue weighted by Crippen LogP contribution is -2.47. The van der Waals surface area contributed by atoms with Crippen molar-refractivity contribution in [2.75, 3.05) is 20.8 Å². The largest absolute Gasteiger partial charge is 0.497 e. The summed E-state index contributed by atoms with van der Waals surface area (Å²) in [6.07, 6.45) is 0.174. The lowest BCUT2D eigenvalue weighted by Gasteiger charge is -2.32. The molecule has 0 saturated carbocycles. The minimum absolute atomic E-state index is 0.174. The van der Waals surface area contributed by atoms with Gasteiger partial charge in [0.15, 0.2) is 6.61 Å². The van der Waals surface area contributed by atoms with E-state index in [0.717, 1.165) is 0 Å². The van der Waals surface area contributed by atoms with Crippen molar-refractivity contribution in [1.29, 1.82) is 0 Å². The van der Waals surface area contributed by atoms with Gasteiger partial charge in [-0.1, -0.05) is 18.2 Å². The van der Waals surface area contributed by atoms with Gasteiger partial charge in [-0.3, -0.25) is 4.79 Å². The molecule has 1 aliphatic rings. The lowest BCUT2D eigenvalue weighted by molar-refractivity contribution is -0.163. The van der Waals surface area contributed by atoms with Crippen molar-refractivity contribution in [3.63, 3.8) is 0 Å². The molecule has 1 heterocycles. The van der Waals surface area contributed by atoms with E-state index in [4.69, 9.17) is 18.9 Å². The highest BCUT2D eigenvalue weighted by Gasteiger charge is 2.44. The minimum atomic E-state index is -1.49. The summed E-state index contributed by atoms with van der Waals surface area (Å²) in [4.78, 5) is 37.2. The van der Waals surface area contributed by atoms with Crippen LogP contribution in [0.2, 0.25) is 0 Å². The number of hydrogen-bond donors (Lipinski definition) is 0. The molecule has 28 heavy (non-hydrogen) atoms. The summed E-state index contributed by atoms with van der Waals surface area (Å²) in [5.41, 5.74) is -0.115. The van der Waals surface area contributed by atoms with E-state index < -0.39 is 29.9 Å². The van der Waals surface area contributed by atoms with Crippen LogP contribution in [-0.4, -0.2) is 44.1 Å². The van der Waals surface area contributed by atoms with Crippen molar-refractivity contribution in [2.45, 2.75) is 18.9 Å². The van der Waals surface area contributed by atoms with Crippen molar-refractivity contribution < 1.29 is 33.3 Å². The van der Waals surface area contributed by atoms with Crippen LogP contribution in [0.1, 0.15) is 33.2 Å². The summed E-state index contributed by atoms with van der Waals surface area (Å²) in [5.74, 6) is -0.977. The predicted octanol–water partition coefficient (Wildman–Crippen LogP) is 2.60. The number of carbonyl (C=O) groups excluding carboxylic acids is 3. The van der Waals surface area contributed by atoms with Crippen LogP contribution < -0.4 is 9.47 Å². The van der Waals surface area contributed by atoms with Gasteiger partial charge in [0.25, 0.3) is 0 Å². The normalized spacial score (nSPS) is 17.9. The predicted molar refractivity (Wildman–Crippen MR) is 98.8 cm³/mol. The first-order valence-corrected chi connectivity index (χ1v) is 8.61. The van der Waals surface area contributed by atoms with Crippen LogP contribution >= 0.6 is 0 Å². The van der Waals surface area contributed by atoms with Gasteiger partial charge >= 0.3 is 11.9 Å². The van der Waals surface area contributed by atoms with Gasteiger partial charge in [0.1, 0.15) is 11.5 Å².